The molecule has 0 aliphatic rings. The summed E-state index contributed by atoms with van der Waals surface area (Å²) in [6.07, 6.45) is 0. The van der Waals surface area contributed by atoms with E-state index < -0.39 is 0 Å². The van der Waals surface area contributed by atoms with Crippen LogP contribution >= 0.6 is 11.6 Å². The zero-order valence-electron chi connectivity index (χ0n) is 11.7. The van der Waals surface area contributed by atoms with E-state index in [-0.39, 0.29) is 17.2 Å². The van der Waals surface area contributed by atoms with E-state index in [0.29, 0.717) is 11.6 Å². The summed E-state index contributed by atoms with van der Waals surface area (Å²) in [6, 6.07) is 18.2. The predicted molar refractivity (Wildman–Crippen MR) is 88.2 cm³/mol. The Morgan fingerprint density at radius 3 is 2.45 bits per heavy atom. The number of fused-ring (bicyclic) bond motifs is 1. The molecule has 3 rings (SSSR count). The van der Waals surface area contributed by atoms with Crippen molar-refractivity contribution in [1.29, 1.82) is 0 Å². The van der Waals surface area contributed by atoms with Crippen LogP contribution in [0.4, 0.5) is 0 Å². The molecule has 0 heterocycles. The van der Waals surface area contributed by atoms with E-state index in [4.69, 9.17) is 11.6 Å². The van der Waals surface area contributed by atoms with E-state index in [2.05, 4.69) is 5.32 Å². The standard InChI is InChI=1S/C18H14ClNO2/c19-15-7-3-4-12(8-15)11-20-18(22)16-9-13-5-1-2-6-14(13)10-17(16)21/h1-10,21H,11H2,(H,20,22). The second-order valence-corrected chi connectivity index (χ2v) is 5.47. The van der Waals surface area contributed by atoms with Gasteiger partial charge in [-0.25, -0.2) is 0 Å². The lowest BCUT2D eigenvalue weighted by molar-refractivity contribution is 0.0948. The van der Waals surface area contributed by atoms with Crippen LogP contribution < -0.4 is 5.32 Å². The third kappa shape index (κ3) is 3.05. The second kappa shape index (κ2) is 6.08. The molecule has 3 aromatic carbocycles. The van der Waals surface area contributed by atoms with Crippen molar-refractivity contribution < 1.29 is 9.90 Å². The number of phenols is 1. The third-order valence-corrected chi connectivity index (χ3v) is 3.69. The van der Waals surface area contributed by atoms with Crippen LogP contribution in [0.3, 0.4) is 0 Å². The van der Waals surface area contributed by atoms with Crippen LogP contribution in [0.5, 0.6) is 5.75 Å². The van der Waals surface area contributed by atoms with Crippen molar-refractivity contribution in [2.45, 2.75) is 6.54 Å². The molecule has 0 spiro atoms. The highest BCUT2D eigenvalue weighted by atomic mass is 35.5. The van der Waals surface area contributed by atoms with Gasteiger partial charge in [0.2, 0.25) is 0 Å². The largest absolute Gasteiger partial charge is 0.507 e. The fourth-order valence-electron chi connectivity index (χ4n) is 2.33. The van der Waals surface area contributed by atoms with Gasteiger partial charge in [0, 0.05) is 11.6 Å². The van der Waals surface area contributed by atoms with Crippen molar-refractivity contribution in [3.05, 3.63) is 76.8 Å². The van der Waals surface area contributed by atoms with Crippen molar-refractivity contribution in [2.75, 3.05) is 0 Å². The molecule has 2 N–H and O–H groups in total. The molecule has 0 atom stereocenters. The minimum absolute atomic E-state index is 0.0257. The zero-order chi connectivity index (χ0) is 15.5. The zero-order valence-corrected chi connectivity index (χ0v) is 12.5. The topological polar surface area (TPSA) is 49.3 Å². The van der Waals surface area contributed by atoms with Gasteiger partial charge in [0.25, 0.3) is 5.91 Å². The highest BCUT2D eigenvalue weighted by molar-refractivity contribution is 6.30. The second-order valence-electron chi connectivity index (χ2n) is 5.03. The summed E-state index contributed by atoms with van der Waals surface area (Å²) in [7, 11) is 0. The van der Waals surface area contributed by atoms with E-state index >= 15 is 0 Å². The molecule has 4 heteroatoms. The van der Waals surface area contributed by atoms with Gasteiger partial charge in [0.1, 0.15) is 5.75 Å². The summed E-state index contributed by atoms with van der Waals surface area (Å²) in [5.41, 5.74) is 1.17. The Kier molecular flexibility index (Phi) is 3.98. The van der Waals surface area contributed by atoms with Gasteiger partial charge in [-0.05, 0) is 40.6 Å². The maximum Gasteiger partial charge on any atom is 0.255 e. The van der Waals surface area contributed by atoms with Gasteiger partial charge < -0.3 is 10.4 Å². The molecular formula is C18H14ClNO2. The molecule has 0 saturated carbocycles. The monoisotopic (exact) mass is 311 g/mol. The summed E-state index contributed by atoms with van der Waals surface area (Å²) in [5, 5.41) is 15.3. The summed E-state index contributed by atoms with van der Waals surface area (Å²) >= 11 is 5.92. The van der Waals surface area contributed by atoms with Gasteiger partial charge in [-0.2, -0.15) is 0 Å². The number of halogens is 1. The number of amides is 1. The van der Waals surface area contributed by atoms with Crippen LogP contribution in [0.25, 0.3) is 10.8 Å². The molecule has 0 aliphatic heterocycles. The summed E-state index contributed by atoms with van der Waals surface area (Å²) < 4.78 is 0. The van der Waals surface area contributed by atoms with Crippen LogP contribution in [-0.2, 0) is 6.54 Å². The number of nitrogens with one attached hydrogen (secondary N) is 1. The van der Waals surface area contributed by atoms with Gasteiger partial charge in [0.05, 0.1) is 5.56 Å². The van der Waals surface area contributed by atoms with Gasteiger partial charge in [-0.3, -0.25) is 4.79 Å². The molecule has 22 heavy (non-hydrogen) atoms. The van der Waals surface area contributed by atoms with Crippen molar-refractivity contribution in [3.63, 3.8) is 0 Å². The fourth-order valence-corrected chi connectivity index (χ4v) is 2.55. The fraction of sp³-hybridized carbons (Fsp3) is 0.0556. The van der Waals surface area contributed by atoms with Crippen LogP contribution in [0, 0.1) is 0 Å². The predicted octanol–water partition coefficient (Wildman–Crippen LogP) is 4.13. The molecule has 3 aromatic rings. The highest BCUT2D eigenvalue weighted by Gasteiger charge is 2.12. The van der Waals surface area contributed by atoms with E-state index in [9.17, 15) is 9.90 Å². The quantitative estimate of drug-likeness (QED) is 0.764. The molecule has 0 aliphatic carbocycles. The van der Waals surface area contributed by atoms with Crippen LogP contribution in [0.1, 0.15) is 15.9 Å². The smallest absolute Gasteiger partial charge is 0.255 e. The normalized spacial score (nSPS) is 10.6. The first-order valence-corrected chi connectivity index (χ1v) is 7.26. The number of aromatic hydroxyl groups is 1. The Bertz CT molecular complexity index is 845. The van der Waals surface area contributed by atoms with Gasteiger partial charge in [-0.15, -0.1) is 0 Å². The number of hydrogen-bond donors (Lipinski definition) is 2. The minimum atomic E-state index is -0.316. The van der Waals surface area contributed by atoms with Gasteiger partial charge >= 0.3 is 0 Å². The Hall–Kier alpha value is -2.52. The van der Waals surface area contributed by atoms with Gasteiger partial charge in [0.15, 0.2) is 0 Å². The Balaban J connectivity index is 1.81. The lowest BCUT2D eigenvalue weighted by atomic mass is 10.1. The van der Waals surface area contributed by atoms with Crippen molar-refractivity contribution in [2.24, 2.45) is 0 Å². The molecule has 0 fully saturated rings. The van der Waals surface area contributed by atoms with Crippen molar-refractivity contribution in [3.8, 4) is 5.75 Å². The van der Waals surface area contributed by atoms with Crippen molar-refractivity contribution >= 4 is 28.3 Å². The summed E-state index contributed by atoms with van der Waals surface area (Å²) in [4.78, 5) is 12.3. The number of carbonyl (C=O) groups excluding carboxylic acids is 1. The third-order valence-electron chi connectivity index (χ3n) is 3.45. The molecule has 0 unspecified atom stereocenters. The van der Waals surface area contributed by atoms with Crippen molar-refractivity contribution in [1.82, 2.24) is 5.32 Å². The first-order valence-electron chi connectivity index (χ1n) is 6.88. The molecule has 0 saturated heterocycles. The van der Waals surface area contributed by atoms with Crippen LogP contribution in [0.2, 0.25) is 5.02 Å². The number of carbonyl (C=O) groups is 1. The molecule has 110 valence electrons. The lowest BCUT2D eigenvalue weighted by Crippen LogP contribution is -2.22. The number of benzene rings is 3. The average Bonchev–Trinajstić information content (AvgIpc) is 2.52. The number of phenolic OH excluding ortho intramolecular Hbond substituents is 1. The van der Waals surface area contributed by atoms with Crippen LogP contribution in [-0.4, -0.2) is 11.0 Å². The summed E-state index contributed by atoms with van der Waals surface area (Å²) in [5.74, 6) is -0.342. The number of rotatable bonds is 3. The number of hydrogen-bond acceptors (Lipinski definition) is 2. The highest BCUT2D eigenvalue weighted by Crippen LogP contribution is 2.25. The maximum absolute atomic E-state index is 12.3. The molecule has 0 aromatic heterocycles. The lowest BCUT2D eigenvalue weighted by Gasteiger charge is -2.09. The molecule has 3 nitrogen and oxygen atoms in total. The summed E-state index contributed by atoms with van der Waals surface area (Å²) in [6.45, 7) is 0.353. The van der Waals surface area contributed by atoms with E-state index in [1.54, 1.807) is 24.3 Å². The molecule has 0 radical (unpaired) electrons. The average molecular weight is 312 g/mol. The minimum Gasteiger partial charge on any atom is -0.507 e. The van der Waals surface area contributed by atoms with Crippen LogP contribution in [0.15, 0.2) is 60.7 Å². The Morgan fingerprint density at radius 1 is 1.00 bits per heavy atom. The molecule has 0 bridgehead atoms. The first-order chi connectivity index (χ1) is 10.6. The molecule has 1 amide bonds. The van der Waals surface area contributed by atoms with E-state index in [0.717, 1.165) is 16.3 Å². The van der Waals surface area contributed by atoms with Gasteiger partial charge in [-0.1, -0.05) is 48.0 Å². The maximum atomic E-state index is 12.3. The Morgan fingerprint density at radius 2 is 1.73 bits per heavy atom. The SMILES string of the molecule is O=C(NCc1cccc(Cl)c1)c1cc2ccccc2cc1O. The van der Waals surface area contributed by atoms with E-state index in [1.807, 2.05) is 36.4 Å². The van der Waals surface area contributed by atoms with E-state index in [1.165, 1.54) is 0 Å². The molecular weight excluding hydrogens is 298 g/mol. The first kappa shape index (κ1) is 14.4. The Labute approximate surface area is 133 Å².